The molecule has 0 radical (unpaired) electrons. The molecular weight excluding hydrogens is 136 g/mol. The van der Waals surface area contributed by atoms with Crippen LogP contribution >= 0.6 is 0 Å². The maximum atomic E-state index is 4.35. The summed E-state index contributed by atoms with van der Waals surface area (Å²) in [4.78, 5) is 0. The Morgan fingerprint density at radius 1 is 1.18 bits per heavy atom. The normalized spacial score (nSPS) is 18.6. The number of hydrogen-bond donors (Lipinski definition) is 1. The molecular formula is C9H18N2. The highest BCUT2D eigenvalue weighted by molar-refractivity contribution is 5.84. The zero-order chi connectivity index (χ0) is 8.10. The number of nitrogens with zero attached hydrogens (tertiary/aromatic N) is 1. The van der Waals surface area contributed by atoms with Crippen LogP contribution in [-0.2, 0) is 0 Å². The van der Waals surface area contributed by atoms with Crippen LogP contribution in [0, 0.1) is 0 Å². The van der Waals surface area contributed by atoms with Crippen LogP contribution in [-0.4, -0.2) is 11.8 Å². The Kier molecular flexibility index (Phi) is 3.40. The van der Waals surface area contributed by atoms with Crippen molar-refractivity contribution in [3.63, 3.8) is 0 Å². The predicted molar refractivity (Wildman–Crippen MR) is 48.8 cm³/mol. The minimum absolute atomic E-state index is 0.476. The quantitative estimate of drug-likeness (QED) is 0.606. The summed E-state index contributed by atoms with van der Waals surface area (Å²) in [5, 5.41) is 4.35. The van der Waals surface area contributed by atoms with Crippen molar-refractivity contribution in [3.05, 3.63) is 0 Å². The van der Waals surface area contributed by atoms with E-state index in [1.54, 1.807) is 0 Å². The molecule has 0 heterocycles. The molecule has 1 fully saturated rings. The van der Waals surface area contributed by atoms with Crippen molar-refractivity contribution in [2.24, 2.45) is 5.10 Å². The minimum atomic E-state index is 0.476. The van der Waals surface area contributed by atoms with Crippen molar-refractivity contribution < 1.29 is 0 Å². The summed E-state index contributed by atoms with van der Waals surface area (Å²) in [7, 11) is 0. The van der Waals surface area contributed by atoms with Crippen LogP contribution in [0.25, 0.3) is 0 Å². The summed E-state index contributed by atoms with van der Waals surface area (Å²) in [5.74, 6) is 0. The van der Waals surface area contributed by atoms with Gasteiger partial charge in [-0.2, -0.15) is 5.10 Å². The van der Waals surface area contributed by atoms with E-state index in [0.717, 1.165) is 0 Å². The van der Waals surface area contributed by atoms with E-state index in [0.29, 0.717) is 6.04 Å². The van der Waals surface area contributed by atoms with Gasteiger partial charge in [-0.15, -0.1) is 0 Å². The van der Waals surface area contributed by atoms with Gasteiger partial charge in [0, 0.05) is 11.8 Å². The van der Waals surface area contributed by atoms with Crippen LogP contribution in [0.2, 0.25) is 0 Å². The SMILES string of the molecule is CC(C)NN=C1CCCCC1. The molecule has 1 rings (SSSR count). The van der Waals surface area contributed by atoms with Crippen LogP contribution in [0.15, 0.2) is 5.10 Å². The fourth-order valence-corrected chi connectivity index (χ4v) is 1.29. The van der Waals surface area contributed by atoms with Gasteiger partial charge in [-0.3, -0.25) is 0 Å². The predicted octanol–water partition coefficient (Wildman–Crippen LogP) is 2.30. The third-order valence-electron chi connectivity index (χ3n) is 1.91. The van der Waals surface area contributed by atoms with E-state index in [1.165, 1.54) is 37.8 Å². The molecule has 11 heavy (non-hydrogen) atoms. The first-order valence-corrected chi connectivity index (χ1v) is 4.60. The van der Waals surface area contributed by atoms with Crippen molar-refractivity contribution in [3.8, 4) is 0 Å². The summed E-state index contributed by atoms with van der Waals surface area (Å²) >= 11 is 0. The molecule has 1 aliphatic rings. The van der Waals surface area contributed by atoms with Gasteiger partial charge in [-0.25, -0.2) is 0 Å². The van der Waals surface area contributed by atoms with Gasteiger partial charge in [-0.05, 0) is 39.5 Å². The molecule has 0 amide bonds. The third-order valence-corrected chi connectivity index (χ3v) is 1.91. The van der Waals surface area contributed by atoms with Crippen molar-refractivity contribution >= 4 is 5.71 Å². The van der Waals surface area contributed by atoms with Crippen LogP contribution in [0.4, 0.5) is 0 Å². The fraction of sp³-hybridized carbons (Fsp3) is 0.889. The van der Waals surface area contributed by atoms with Gasteiger partial charge in [0.2, 0.25) is 0 Å². The maximum absolute atomic E-state index is 4.35. The lowest BCUT2D eigenvalue weighted by atomic mass is 9.99. The summed E-state index contributed by atoms with van der Waals surface area (Å²) in [6.07, 6.45) is 6.47. The summed E-state index contributed by atoms with van der Waals surface area (Å²) in [6.45, 7) is 4.24. The second kappa shape index (κ2) is 4.37. The first kappa shape index (κ1) is 8.57. The standard InChI is InChI=1S/C9H18N2/c1-8(2)10-11-9-6-4-3-5-7-9/h8,10H,3-7H2,1-2H3. The molecule has 64 valence electrons. The van der Waals surface area contributed by atoms with E-state index < -0.39 is 0 Å². The molecule has 1 aliphatic carbocycles. The largest absolute Gasteiger partial charge is 0.308 e. The molecule has 1 saturated carbocycles. The van der Waals surface area contributed by atoms with Gasteiger partial charge in [0.15, 0.2) is 0 Å². The van der Waals surface area contributed by atoms with Crippen LogP contribution in [0.1, 0.15) is 46.0 Å². The smallest absolute Gasteiger partial charge is 0.0383 e. The minimum Gasteiger partial charge on any atom is -0.308 e. The van der Waals surface area contributed by atoms with E-state index in [1.807, 2.05) is 0 Å². The van der Waals surface area contributed by atoms with Gasteiger partial charge < -0.3 is 5.43 Å². The average molecular weight is 154 g/mol. The molecule has 0 aromatic rings. The monoisotopic (exact) mass is 154 g/mol. The van der Waals surface area contributed by atoms with Gasteiger partial charge in [0.25, 0.3) is 0 Å². The van der Waals surface area contributed by atoms with Crippen LogP contribution < -0.4 is 5.43 Å². The van der Waals surface area contributed by atoms with Crippen molar-refractivity contribution in [1.29, 1.82) is 0 Å². The molecule has 2 nitrogen and oxygen atoms in total. The van der Waals surface area contributed by atoms with Gasteiger partial charge in [0.1, 0.15) is 0 Å². The Balaban J connectivity index is 2.26. The second-order valence-corrected chi connectivity index (χ2v) is 3.52. The first-order valence-electron chi connectivity index (χ1n) is 4.60. The second-order valence-electron chi connectivity index (χ2n) is 3.52. The lowest BCUT2D eigenvalue weighted by molar-refractivity contribution is 0.599. The third kappa shape index (κ3) is 3.40. The Bertz CT molecular complexity index is 130. The number of hydrazone groups is 1. The topological polar surface area (TPSA) is 24.4 Å². The molecule has 0 atom stereocenters. The van der Waals surface area contributed by atoms with E-state index in [2.05, 4.69) is 24.4 Å². The van der Waals surface area contributed by atoms with Gasteiger partial charge in [0.05, 0.1) is 0 Å². The first-order chi connectivity index (χ1) is 5.29. The van der Waals surface area contributed by atoms with Crippen LogP contribution in [0.5, 0.6) is 0 Å². The Morgan fingerprint density at radius 2 is 1.82 bits per heavy atom. The number of hydrogen-bond acceptors (Lipinski definition) is 2. The van der Waals surface area contributed by atoms with Crippen molar-refractivity contribution in [2.75, 3.05) is 0 Å². The molecule has 0 spiro atoms. The van der Waals surface area contributed by atoms with E-state index in [4.69, 9.17) is 0 Å². The molecule has 0 aromatic heterocycles. The molecule has 2 heteroatoms. The lowest BCUT2D eigenvalue weighted by Crippen LogP contribution is -2.19. The lowest BCUT2D eigenvalue weighted by Gasteiger charge is -2.13. The molecule has 0 unspecified atom stereocenters. The summed E-state index contributed by atoms with van der Waals surface area (Å²) < 4.78 is 0. The Hall–Kier alpha value is -0.530. The number of nitrogens with one attached hydrogen (secondary N) is 1. The van der Waals surface area contributed by atoms with Crippen molar-refractivity contribution in [2.45, 2.75) is 52.0 Å². The zero-order valence-electron chi connectivity index (χ0n) is 7.56. The summed E-state index contributed by atoms with van der Waals surface area (Å²) in [5.41, 5.74) is 4.47. The molecule has 0 saturated heterocycles. The molecule has 1 N–H and O–H groups in total. The molecule has 0 bridgehead atoms. The fourth-order valence-electron chi connectivity index (χ4n) is 1.29. The number of rotatable bonds is 2. The Morgan fingerprint density at radius 3 is 2.36 bits per heavy atom. The zero-order valence-corrected chi connectivity index (χ0v) is 7.56. The van der Waals surface area contributed by atoms with Gasteiger partial charge >= 0.3 is 0 Å². The van der Waals surface area contributed by atoms with E-state index >= 15 is 0 Å². The Labute approximate surface area is 69.1 Å². The molecule has 0 aliphatic heterocycles. The van der Waals surface area contributed by atoms with E-state index in [-0.39, 0.29) is 0 Å². The average Bonchev–Trinajstić information content (AvgIpc) is 2.03. The molecule has 0 aromatic carbocycles. The van der Waals surface area contributed by atoms with E-state index in [9.17, 15) is 0 Å². The summed E-state index contributed by atoms with van der Waals surface area (Å²) in [6, 6.07) is 0.476. The highest BCUT2D eigenvalue weighted by Crippen LogP contribution is 2.14. The van der Waals surface area contributed by atoms with Crippen molar-refractivity contribution in [1.82, 2.24) is 5.43 Å². The highest BCUT2D eigenvalue weighted by atomic mass is 15.3. The van der Waals surface area contributed by atoms with Crippen LogP contribution in [0.3, 0.4) is 0 Å². The van der Waals surface area contributed by atoms with Gasteiger partial charge in [-0.1, -0.05) is 6.42 Å². The maximum Gasteiger partial charge on any atom is 0.0383 e. The highest BCUT2D eigenvalue weighted by Gasteiger charge is 2.05.